The number of carbonyl (C=O) groups is 1. The third kappa shape index (κ3) is 4.21. The fourth-order valence-corrected chi connectivity index (χ4v) is 3.89. The monoisotopic (exact) mass is 281 g/mol. The molecule has 1 N–H and O–H groups in total. The molecule has 0 aromatic rings. The Labute approximate surface area is 123 Å². The summed E-state index contributed by atoms with van der Waals surface area (Å²) in [7, 11) is 0. The van der Waals surface area contributed by atoms with E-state index in [1.54, 1.807) is 0 Å². The van der Waals surface area contributed by atoms with Gasteiger partial charge in [0.15, 0.2) is 0 Å². The number of nitrogens with zero attached hydrogens (tertiary/aromatic N) is 1. The molecular weight excluding hydrogens is 250 g/mol. The van der Waals surface area contributed by atoms with Gasteiger partial charge in [-0.15, -0.1) is 0 Å². The smallest absolute Gasteiger partial charge is 0.309 e. The summed E-state index contributed by atoms with van der Waals surface area (Å²) in [5.74, 6) is 1.29. The number of carboxylic acids is 1. The molecule has 0 radical (unpaired) electrons. The van der Waals surface area contributed by atoms with Crippen molar-refractivity contribution < 1.29 is 9.90 Å². The molecule has 1 saturated carbocycles. The summed E-state index contributed by atoms with van der Waals surface area (Å²) in [6.07, 6.45) is 10.2. The van der Waals surface area contributed by atoms with Gasteiger partial charge in [-0.25, -0.2) is 0 Å². The van der Waals surface area contributed by atoms with Crippen molar-refractivity contribution in [1.29, 1.82) is 0 Å². The van der Waals surface area contributed by atoms with Crippen LogP contribution in [0.2, 0.25) is 0 Å². The summed E-state index contributed by atoms with van der Waals surface area (Å²) in [6, 6.07) is 0. The molecule has 2 unspecified atom stereocenters. The molecule has 2 fully saturated rings. The van der Waals surface area contributed by atoms with Crippen LogP contribution in [0.4, 0.5) is 0 Å². The van der Waals surface area contributed by atoms with Gasteiger partial charge in [0.05, 0.1) is 5.41 Å². The molecule has 0 aromatic heterocycles. The van der Waals surface area contributed by atoms with Gasteiger partial charge in [0.25, 0.3) is 0 Å². The van der Waals surface area contributed by atoms with Crippen LogP contribution in [-0.4, -0.2) is 35.6 Å². The summed E-state index contributed by atoms with van der Waals surface area (Å²) < 4.78 is 0. The van der Waals surface area contributed by atoms with Crippen molar-refractivity contribution in [3.63, 3.8) is 0 Å². The summed E-state index contributed by atoms with van der Waals surface area (Å²) in [5, 5.41) is 9.11. The van der Waals surface area contributed by atoms with E-state index in [0.717, 1.165) is 31.1 Å². The van der Waals surface area contributed by atoms with E-state index in [2.05, 4.69) is 4.90 Å². The summed E-state index contributed by atoms with van der Waals surface area (Å²) >= 11 is 0. The number of aliphatic carboxylic acids is 1. The number of piperidine rings is 1. The molecule has 20 heavy (non-hydrogen) atoms. The van der Waals surface area contributed by atoms with E-state index >= 15 is 0 Å². The van der Waals surface area contributed by atoms with E-state index in [1.165, 1.54) is 51.7 Å². The zero-order valence-electron chi connectivity index (χ0n) is 13.2. The molecule has 2 rings (SSSR count). The van der Waals surface area contributed by atoms with E-state index in [-0.39, 0.29) is 0 Å². The van der Waals surface area contributed by atoms with Crippen LogP contribution in [-0.2, 0) is 4.79 Å². The van der Waals surface area contributed by atoms with E-state index in [0.29, 0.717) is 0 Å². The van der Waals surface area contributed by atoms with Crippen molar-refractivity contribution in [2.45, 2.75) is 65.2 Å². The lowest BCUT2D eigenvalue weighted by atomic mass is 9.75. The minimum Gasteiger partial charge on any atom is -0.481 e. The summed E-state index contributed by atoms with van der Waals surface area (Å²) in [6.45, 7) is 7.40. The summed E-state index contributed by atoms with van der Waals surface area (Å²) in [5.41, 5.74) is -0.559. The number of unbranched alkanes of at least 4 members (excludes halogenated alkanes) is 1. The number of rotatable bonds is 6. The second-order valence-electron chi connectivity index (χ2n) is 7.54. The SMILES string of the molecule is CC(C)(CCCCN1CCC2CCCCC2C1)C(=O)O. The molecule has 0 amide bonds. The lowest BCUT2D eigenvalue weighted by Gasteiger charge is -2.41. The topological polar surface area (TPSA) is 40.5 Å². The molecule has 3 nitrogen and oxygen atoms in total. The number of fused-ring (bicyclic) bond motifs is 1. The highest BCUT2D eigenvalue weighted by atomic mass is 16.4. The van der Waals surface area contributed by atoms with E-state index in [4.69, 9.17) is 5.11 Å². The van der Waals surface area contributed by atoms with Gasteiger partial charge in [0, 0.05) is 6.54 Å². The Balaban J connectivity index is 1.64. The van der Waals surface area contributed by atoms with Crippen LogP contribution in [0, 0.1) is 17.3 Å². The maximum absolute atomic E-state index is 11.1. The Hall–Kier alpha value is -0.570. The van der Waals surface area contributed by atoms with Crippen LogP contribution in [0.3, 0.4) is 0 Å². The van der Waals surface area contributed by atoms with Crippen molar-refractivity contribution in [2.24, 2.45) is 17.3 Å². The fourth-order valence-electron chi connectivity index (χ4n) is 3.89. The Morgan fingerprint density at radius 1 is 1.15 bits per heavy atom. The van der Waals surface area contributed by atoms with Crippen LogP contribution in [0.1, 0.15) is 65.2 Å². The average molecular weight is 281 g/mol. The number of hydrogen-bond acceptors (Lipinski definition) is 2. The molecule has 2 atom stereocenters. The first-order valence-electron chi connectivity index (χ1n) is 8.45. The quantitative estimate of drug-likeness (QED) is 0.753. The lowest BCUT2D eigenvalue weighted by molar-refractivity contribution is -0.147. The molecule has 0 spiro atoms. The molecule has 2 aliphatic rings. The first kappa shape index (κ1) is 15.8. The predicted molar refractivity (Wildman–Crippen MR) is 81.8 cm³/mol. The summed E-state index contributed by atoms with van der Waals surface area (Å²) in [4.78, 5) is 13.7. The van der Waals surface area contributed by atoms with Crippen molar-refractivity contribution >= 4 is 5.97 Å². The van der Waals surface area contributed by atoms with Crippen LogP contribution >= 0.6 is 0 Å². The Kier molecular flexibility index (Phi) is 5.48. The van der Waals surface area contributed by atoms with Gasteiger partial charge in [0.2, 0.25) is 0 Å². The molecule has 1 heterocycles. The molecule has 0 aromatic carbocycles. The standard InChI is InChI=1S/C17H31NO2/c1-17(2,16(19)20)10-5-6-11-18-12-9-14-7-3-4-8-15(14)13-18/h14-15H,3-13H2,1-2H3,(H,19,20). The normalized spacial score (nSPS) is 28.1. The van der Waals surface area contributed by atoms with Gasteiger partial charge >= 0.3 is 5.97 Å². The third-order valence-corrected chi connectivity index (χ3v) is 5.48. The maximum atomic E-state index is 11.1. The largest absolute Gasteiger partial charge is 0.481 e. The highest BCUT2D eigenvalue weighted by molar-refractivity contribution is 5.73. The Bertz CT molecular complexity index is 327. The number of likely N-dealkylation sites (tertiary alicyclic amines) is 1. The highest BCUT2D eigenvalue weighted by Crippen LogP contribution is 2.36. The average Bonchev–Trinajstić information content (AvgIpc) is 2.43. The highest BCUT2D eigenvalue weighted by Gasteiger charge is 2.31. The Morgan fingerprint density at radius 2 is 1.85 bits per heavy atom. The van der Waals surface area contributed by atoms with Gasteiger partial charge in [-0.2, -0.15) is 0 Å². The van der Waals surface area contributed by atoms with E-state index in [1.807, 2.05) is 13.8 Å². The van der Waals surface area contributed by atoms with Gasteiger partial charge in [-0.3, -0.25) is 4.79 Å². The van der Waals surface area contributed by atoms with Gasteiger partial charge < -0.3 is 10.0 Å². The van der Waals surface area contributed by atoms with Crippen LogP contribution in [0.5, 0.6) is 0 Å². The molecule has 1 aliphatic heterocycles. The van der Waals surface area contributed by atoms with Gasteiger partial charge in [-0.05, 0) is 64.5 Å². The van der Waals surface area contributed by atoms with Crippen LogP contribution in [0.25, 0.3) is 0 Å². The number of carboxylic acid groups (broad SMARTS) is 1. The third-order valence-electron chi connectivity index (χ3n) is 5.48. The second kappa shape index (κ2) is 6.93. The molecular formula is C17H31NO2. The van der Waals surface area contributed by atoms with Crippen molar-refractivity contribution in [3.8, 4) is 0 Å². The van der Waals surface area contributed by atoms with Crippen molar-refractivity contribution in [1.82, 2.24) is 4.90 Å². The Morgan fingerprint density at radius 3 is 2.55 bits per heavy atom. The maximum Gasteiger partial charge on any atom is 0.309 e. The zero-order valence-corrected chi connectivity index (χ0v) is 13.2. The fraction of sp³-hybridized carbons (Fsp3) is 0.941. The lowest BCUT2D eigenvalue weighted by Crippen LogP contribution is -2.42. The number of hydrogen-bond donors (Lipinski definition) is 1. The zero-order chi connectivity index (χ0) is 14.6. The van der Waals surface area contributed by atoms with Gasteiger partial charge in [0.1, 0.15) is 0 Å². The van der Waals surface area contributed by atoms with Crippen molar-refractivity contribution in [2.75, 3.05) is 19.6 Å². The predicted octanol–water partition coefficient (Wildman–Crippen LogP) is 3.78. The first-order chi connectivity index (χ1) is 9.49. The molecule has 1 aliphatic carbocycles. The molecule has 1 saturated heterocycles. The van der Waals surface area contributed by atoms with Gasteiger partial charge in [-0.1, -0.05) is 25.7 Å². The van der Waals surface area contributed by atoms with E-state index < -0.39 is 11.4 Å². The minimum atomic E-state index is -0.666. The van der Waals surface area contributed by atoms with Crippen LogP contribution in [0.15, 0.2) is 0 Å². The van der Waals surface area contributed by atoms with E-state index in [9.17, 15) is 4.79 Å². The molecule has 116 valence electrons. The van der Waals surface area contributed by atoms with Crippen LogP contribution < -0.4 is 0 Å². The second-order valence-corrected chi connectivity index (χ2v) is 7.54. The minimum absolute atomic E-state index is 0.559. The first-order valence-corrected chi connectivity index (χ1v) is 8.45. The van der Waals surface area contributed by atoms with Crippen molar-refractivity contribution in [3.05, 3.63) is 0 Å². The molecule has 3 heteroatoms. The molecule has 0 bridgehead atoms.